The molecule has 4 heterocycles. The number of nitrogens with one attached hydrogen (secondary N) is 1. The van der Waals surface area contributed by atoms with Crippen molar-refractivity contribution in [2.24, 2.45) is 5.73 Å². The van der Waals surface area contributed by atoms with Gasteiger partial charge >= 0.3 is 7.60 Å². The first kappa shape index (κ1) is 35.4. The lowest BCUT2D eigenvalue weighted by Crippen LogP contribution is -2.63. The van der Waals surface area contributed by atoms with Crippen molar-refractivity contribution in [3.63, 3.8) is 0 Å². The first-order valence-corrected chi connectivity index (χ1v) is 16.9. The van der Waals surface area contributed by atoms with Crippen molar-refractivity contribution in [3.8, 4) is 17.0 Å². The number of hydrogen-bond acceptors (Lipinski definition) is 12. The van der Waals surface area contributed by atoms with Crippen molar-refractivity contribution >= 4 is 30.3 Å². The highest BCUT2D eigenvalue weighted by Crippen LogP contribution is 2.47. The number of imidazole rings is 1. The van der Waals surface area contributed by atoms with E-state index in [1.54, 1.807) is 29.4 Å². The van der Waals surface area contributed by atoms with Gasteiger partial charge in [0.05, 0.1) is 56.3 Å². The monoisotopic (exact) mass is 696 g/mol. The number of aromatic nitrogens is 5. The van der Waals surface area contributed by atoms with Crippen LogP contribution in [0.5, 0.6) is 5.75 Å². The number of nitrogens with zero attached hydrogens (tertiary/aromatic N) is 6. The molecule has 2 atom stereocenters. The quantitative estimate of drug-likeness (QED) is 0.122. The van der Waals surface area contributed by atoms with Gasteiger partial charge in [-0.2, -0.15) is 0 Å². The fourth-order valence-electron chi connectivity index (χ4n) is 5.74. The molecule has 0 bridgehead atoms. The number of hydrogen-bond donors (Lipinski definition) is 3. The molecule has 1 saturated heterocycles. The summed E-state index contributed by atoms with van der Waals surface area (Å²) in [6.45, 7) is 4.13. The minimum Gasteiger partial charge on any atom is -0.494 e. The minimum atomic E-state index is -3.46. The van der Waals surface area contributed by atoms with Crippen LogP contribution in [0.4, 0.5) is 29.1 Å². The van der Waals surface area contributed by atoms with Crippen molar-refractivity contribution in [2.45, 2.75) is 51.3 Å². The van der Waals surface area contributed by atoms with Crippen molar-refractivity contribution in [2.75, 3.05) is 49.9 Å². The van der Waals surface area contributed by atoms with E-state index >= 15 is 4.39 Å². The Morgan fingerprint density at radius 2 is 1.85 bits per heavy atom. The molecule has 18 heteroatoms. The molecular weight excluding hydrogens is 659 g/mol. The average molecular weight is 697 g/mol. The van der Waals surface area contributed by atoms with Gasteiger partial charge in [-0.1, -0.05) is 0 Å². The smallest absolute Gasteiger partial charge is 0.349 e. The van der Waals surface area contributed by atoms with Crippen LogP contribution in [-0.4, -0.2) is 87.4 Å². The summed E-state index contributed by atoms with van der Waals surface area (Å²) in [5.74, 6) is -1.56. The second-order valence-electron chi connectivity index (χ2n) is 11.3. The molecule has 0 amide bonds. The van der Waals surface area contributed by atoms with Gasteiger partial charge in [0.1, 0.15) is 30.1 Å². The van der Waals surface area contributed by atoms with E-state index in [9.17, 15) is 22.8 Å². The van der Waals surface area contributed by atoms with E-state index < -0.39 is 37.3 Å². The Morgan fingerprint density at radius 1 is 1.10 bits per heavy atom. The van der Waals surface area contributed by atoms with Crippen molar-refractivity contribution in [1.82, 2.24) is 24.5 Å². The Labute approximate surface area is 274 Å². The third-order valence-corrected chi connectivity index (χ3v) is 9.89. The molecule has 0 unspecified atom stereocenters. The fraction of sp³-hybridized carbons (Fsp3) is 0.467. The lowest BCUT2D eigenvalue weighted by atomic mass is 9.84. The SMILES string of the molecule is CCOP(=O)(CNc1ncnc2c1ncn2Cc1cc(-c2cc(F)c(OC)cc2F)ncc1N1CCC[C@](N)([C@H](O)C(F)F)C1)OCC. The average Bonchev–Trinajstić information content (AvgIpc) is 3.47. The molecule has 1 aliphatic rings. The first-order valence-electron chi connectivity index (χ1n) is 15.2. The third-order valence-electron chi connectivity index (χ3n) is 8.04. The van der Waals surface area contributed by atoms with E-state index in [4.69, 9.17) is 19.5 Å². The van der Waals surface area contributed by atoms with Crippen LogP contribution in [0, 0.1) is 11.6 Å². The summed E-state index contributed by atoms with van der Waals surface area (Å²) in [7, 11) is -2.24. The summed E-state index contributed by atoms with van der Waals surface area (Å²) in [5.41, 5.74) is 6.41. The molecule has 260 valence electrons. The normalized spacial score (nSPS) is 17.7. The lowest BCUT2D eigenvalue weighted by Gasteiger charge is -2.44. The molecule has 4 N–H and O–H groups in total. The highest BCUT2D eigenvalue weighted by molar-refractivity contribution is 7.53. The predicted octanol–water partition coefficient (Wildman–Crippen LogP) is 4.78. The molecule has 0 spiro atoms. The van der Waals surface area contributed by atoms with Crippen LogP contribution < -0.4 is 20.7 Å². The van der Waals surface area contributed by atoms with Crippen molar-refractivity contribution in [3.05, 3.63) is 54.2 Å². The maximum Gasteiger partial charge on any atom is 0.349 e. The number of nitrogens with two attached hydrogens (primary N) is 1. The second-order valence-corrected chi connectivity index (χ2v) is 13.3. The summed E-state index contributed by atoms with van der Waals surface area (Å²) < 4.78 is 87.2. The predicted molar refractivity (Wildman–Crippen MR) is 170 cm³/mol. The Balaban J connectivity index is 1.54. The topological polar surface area (TPSA) is 163 Å². The maximum atomic E-state index is 15.1. The Bertz CT molecular complexity index is 1790. The molecule has 3 aromatic heterocycles. The van der Waals surface area contributed by atoms with E-state index in [1.807, 2.05) is 0 Å². The number of methoxy groups -OCH3 is 1. The highest BCUT2D eigenvalue weighted by Gasteiger charge is 2.43. The summed E-state index contributed by atoms with van der Waals surface area (Å²) >= 11 is 0. The third kappa shape index (κ3) is 7.39. The van der Waals surface area contributed by atoms with E-state index in [1.165, 1.54) is 26.0 Å². The Kier molecular flexibility index (Phi) is 10.8. The summed E-state index contributed by atoms with van der Waals surface area (Å²) in [6, 6.07) is 3.46. The van der Waals surface area contributed by atoms with Crippen LogP contribution >= 0.6 is 7.60 Å². The Morgan fingerprint density at radius 3 is 2.54 bits per heavy atom. The molecule has 0 radical (unpaired) electrons. The van der Waals surface area contributed by atoms with Gasteiger partial charge in [0, 0.05) is 24.7 Å². The maximum absolute atomic E-state index is 15.1. The van der Waals surface area contributed by atoms with Crippen LogP contribution in [0.1, 0.15) is 32.3 Å². The van der Waals surface area contributed by atoms with Crippen LogP contribution in [-0.2, 0) is 20.2 Å². The number of piperidine rings is 1. The first-order chi connectivity index (χ1) is 22.9. The van der Waals surface area contributed by atoms with Gasteiger partial charge in [0.25, 0.3) is 6.43 Å². The van der Waals surface area contributed by atoms with Gasteiger partial charge < -0.3 is 39.4 Å². The molecule has 0 saturated carbocycles. The van der Waals surface area contributed by atoms with Crippen LogP contribution in [0.15, 0.2) is 37.1 Å². The van der Waals surface area contributed by atoms with Gasteiger partial charge in [0.15, 0.2) is 23.0 Å². The zero-order valence-corrected chi connectivity index (χ0v) is 27.5. The number of anilines is 2. The number of rotatable bonds is 14. The molecule has 0 aliphatic carbocycles. The van der Waals surface area contributed by atoms with Gasteiger partial charge in [0.2, 0.25) is 0 Å². The molecule has 1 fully saturated rings. The Hall–Kier alpha value is -3.89. The fourth-order valence-corrected chi connectivity index (χ4v) is 7.13. The van der Waals surface area contributed by atoms with Crippen LogP contribution in [0.25, 0.3) is 22.4 Å². The van der Waals surface area contributed by atoms with Crippen LogP contribution in [0.2, 0.25) is 0 Å². The molecule has 5 rings (SSSR count). The summed E-state index contributed by atoms with van der Waals surface area (Å²) in [4.78, 5) is 19.2. The molecule has 48 heavy (non-hydrogen) atoms. The second kappa shape index (κ2) is 14.7. The number of fused-ring (bicyclic) bond motifs is 1. The number of halogens is 4. The minimum absolute atomic E-state index is 0.0694. The molecular formula is C30H37F4N8O5P. The number of ether oxygens (including phenoxy) is 1. The standard InChI is InChI=1S/C30H37F4N8O5P/c1-4-46-48(44,47-5-2)17-40-28-25-29(38-15-37-28)42(16-39-25)13-18-9-22(19-10-21(32)24(45-3)11-20(19)31)36-12-23(18)41-8-6-7-30(35,14-41)26(43)27(33)34/h9-12,15-16,26-27,43H,4-8,13-14,17,35H2,1-3H3,(H,37,38,40)/t26-,30-/m1/s1. The number of aliphatic hydroxyl groups excluding tert-OH is 1. The van der Waals surface area contributed by atoms with Gasteiger partial charge in [-0.25, -0.2) is 32.5 Å². The van der Waals surface area contributed by atoms with E-state index in [0.29, 0.717) is 35.4 Å². The zero-order chi connectivity index (χ0) is 34.6. The number of alkyl halides is 2. The van der Waals surface area contributed by atoms with Gasteiger partial charge in [-0.15, -0.1) is 0 Å². The van der Waals surface area contributed by atoms with Gasteiger partial charge in [-0.05, 0) is 44.4 Å². The molecule has 4 aromatic rings. The highest BCUT2D eigenvalue weighted by atomic mass is 31.2. The molecule has 1 aliphatic heterocycles. The van der Waals surface area contributed by atoms with E-state index in [-0.39, 0.29) is 61.8 Å². The largest absolute Gasteiger partial charge is 0.494 e. The number of benzene rings is 1. The lowest BCUT2D eigenvalue weighted by molar-refractivity contribution is -0.0529. The van der Waals surface area contributed by atoms with Crippen LogP contribution in [0.3, 0.4) is 0 Å². The number of pyridine rings is 1. The molecule has 1 aromatic carbocycles. The zero-order valence-electron chi connectivity index (χ0n) is 26.6. The van der Waals surface area contributed by atoms with Gasteiger partial charge in [-0.3, -0.25) is 9.55 Å². The molecule has 13 nitrogen and oxygen atoms in total. The summed E-state index contributed by atoms with van der Waals surface area (Å²) in [6.07, 6.45) is -0.470. The summed E-state index contributed by atoms with van der Waals surface area (Å²) in [5, 5.41) is 13.2. The van der Waals surface area contributed by atoms with Crippen molar-refractivity contribution < 1.29 is 41.0 Å². The number of aliphatic hydroxyl groups is 1. The van der Waals surface area contributed by atoms with E-state index in [0.717, 1.165) is 12.1 Å². The van der Waals surface area contributed by atoms with E-state index in [2.05, 4.69) is 25.3 Å². The van der Waals surface area contributed by atoms with Crippen molar-refractivity contribution in [1.29, 1.82) is 0 Å².